The summed E-state index contributed by atoms with van der Waals surface area (Å²) in [5, 5.41) is 3.92. The van der Waals surface area contributed by atoms with Gasteiger partial charge in [-0.1, -0.05) is 5.16 Å². The lowest BCUT2D eigenvalue weighted by atomic mass is 9.90. The molecule has 2 aromatic rings. The molecule has 2 atom stereocenters. The molecule has 1 aliphatic carbocycles. The number of benzene rings is 1. The quantitative estimate of drug-likeness (QED) is 0.572. The zero-order chi connectivity index (χ0) is 22.0. The SMILES string of the molecule is COCc1noc(N2CCC([C@H]3C[C@H]3CCOc3ccc(S(C)(=O)=O)cc3F)CC2)n1. The van der Waals surface area contributed by atoms with Crippen molar-refractivity contribution < 1.29 is 26.8 Å². The average Bonchev–Trinajstić information content (AvgIpc) is 3.36. The van der Waals surface area contributed by atoms with Gasteiger partial charge in [-0.2, -0.15) is 4.98 Å². The Bertz CT molecular complexity index is 1000. The Labute approximate surface area is 181 Å². The summed E-state index contributed by atoms with van der Waals surface area (Å²) in [6.45, 7) is 2.57. The van der Waals surface area contributed by atoms with Gasteiger partial charge >= 0.3 is 6.01 Å². The summed E-state index contributed by atoms with van der Waals surface area (Å²) in [5.74, 6) is 1.99. The van der Waals surface area contributed by atoms with Crippen LogP contribution in [0.4, 0.5) is 10.4 Å². The summed E-state index contributed by atoms with van der Waals surface area (Å²) in [6, 6.07) is 4.35. The van der Waals surface area contributed by atoms with E-state index >= 15 is 0 Å². The van der Waals surface area contributed by atoms with Crippen LogP contribution in [0.1, 0.15) is 31.5 Å². The molecule has 2 heterocycles. The van der Waals surface area contributed by atoms with Crippen LogP contribution in [-0.2, 0) is 21.2 Å². The number of rotatable bonds is 9. The van der Waals surface area contributed by atoms with E-state index < -0.39 is 15.7 Å². The minimum atomic E-state index is -3.43. The molecule has 2 aliphatic rings. The first-order valence-corrected chi connectivity index (χ1v) is 12.4. The topological polar surface area (TPSA) is 94.8 Å². The molecule has 2 fully saturated rings. The molecular formula is C21H28FN3O5S. The Morgan fingerprint density at radius 3 is 2.74 bits per heavy atom. The maximum absolute atomic E-state index is 14.1. The second-order valence-corrected chi connectivity index (χ2v) is 10.4. The van der Waals surface area contributed by atoms with E-state index in [1.807, 2.05) is 0 Å². The Hall–Kier alpha value is -2.20. The van der Waals surface area contributed by atoms with Crippen LogP contribution in [-0.4, -0.2) is 51.6 Å². The number of hydrogen-bond donors (Lipinski definition) is 0. The molecule has 1 saturated carbocycles. The first kappa shape index (κ1) is 22.0. The van der Waals surface area contributed by atoms with Crippen LogP contribution in [0.5, 0.6) is 5.75 Å². The van der Waals surface area contributed by atoms with E-state index in [2.05, 4.69) is 15.0 Å². The zero-order valence-electron chi connectivity index (χ0n) is 17.8. The van der Waals surface area contributed by atoms with Gasteiger partial charge in [-0.15, -0.1) is 0 Å². The van der Waals surface area contributed by atoms with Crippen molar-refractivity contribution in [3.8, 4) is 5.75 Å². The lowest BCUT2D eigenvalue weighted by Gasteiger charge is -2.30. The summed E-state index contributed by atoms with van der Waals surface area (Å²) < 4.78 is 53.0. The van der Waals surface area contributed by atoms with Crippen molar-refractivity contribution in [1.82, 2.24) is 10.1 Å². The molecule has 1 saturated heterocycles. The van der Waals surface area contributed by atoms with E-state index in [1.54, 1.807) is 7.11 Å². The first-order valence-electron chi connectivity index (χ1n) is 10.5. The van der Waals surface area contributed by atoms with Gasteiger partial charge in [0.2, 0.25) is 0 Å². The number of hydrogen-bond acceptors (Lipinski definition) is 8. The molecule has 1 aromatic carbocycles. The van der Waals surface area contributed by atoms with Crippen LogP contribution in [0.15, 0.2) is 27.6 Å². The molecule has 8 nitrogen and oxygen atoms in total. The molecule has 4 rings (SSSR count). The molecule has 10 heteroatoms. The number of ether oxygens (including phenoxy) is 2. The van der Waals surface area contributed by atoms with E-state index in [9.17, 15) is 12.8 Å². The fourth-order valence-electron chi connectivity index (χ4n) is 4.41. The summed E-state index contributed by atoms with van der Waals surface area (Å²) in [4.78, 5) is 6.45. The number of piperidine rings is 1. The minimum Gasteiger partial charge on any atom is -0.491 e. The van der Waals surface area contributed by atoms with Gasteiger partial charge in [-0.25, -0.2) is 12.8 Å². The van der Waals surface area contributed by atoms with E-state index in [1.165, 1.54) is 18.6 Å². The van der Waals surface area contributed by atoms with Crippen molar-refractivity contribution in [2.75, 3.05) is 38.0 Å². The van der Waals surface area contributed by atoms with Gasteiger partial charge in [0.15, 0.2) is 27.2 Å². The van der Waals surface area contributed by atoms with E-state index in [4.69, 9.17) is 14.0 Å². The number of halogens is 1. The first-order chi connectivity index (χ1) is 14.8. The highest BCUT2D eigenvalue weighted by molar-refractivity contribution is 7.90. The number of anilines is 1. The molecule has 0 amide bonds. The molecule has 0 radical (unpaired) electrons. The van der Waals surface area contributed by atoms with Crippen LogP contribution < -0.4 is 9.64 Å². The third-order valence-electron chi connectivity index (χ3n) is 6.20. The number of methoxy groups -OCH3 is 1. The Balaban J connectivity index is 1.19. The van der Waals surface area contributed by atoms with Crippen molar-refractivity contribution in [2.24, 2.45) is 17.8 Å². The van der Waals surface area contributed by atoms with E-state index in [0.29, 0.717) is 42.8 Å². The lowest BCUT2D eigenvalue weighted by Crippen LogP contribution is -2.34. The molecule has 1 aliphatic heterocycles. The van der Waals surface area contributed by atoms with Gasteiger partial charge in [0.05, 0.1) is 11.5 Å². The van der Waals surface area contributed by atoms with Gasteiger partial charge < -0.3 is 18.9 Å². The van der Waals surface area contributed by atoms with Gasteiger partial charge in [0, 0.05) is 26.5 Å². The van der Waals surface area contributed by atoms with Gasteiger partial charge in [-0.3, -0.25) is 0 Å². The fraction of sp³-hybridized carbons (Fsp3) is 0.619. The average molecular weight is 454 g/mol. The summed E-state index contributed by atoms with van der Waals surface area (Å²) in [6.07, 6.45) is 5.29. The highest BCUT2D eigenvalue weighted by Gasteiger charge is 2.43. The van der Waals surface area contributed by atoms with Gasteiger partial charge in [-0.05, 0) is 61.6 Å². The second-order valence-electron chi connectivity index (χ2n) is 8.41. The Morgan fingerprint density at radius 2 is 2.06 bits per heavy atom. The molecule has 170 valence electrons. The monoisotopic (exact) mass is 453 g/mol. The second kappa shape index (κ2) is 9.12. The fourth-order valence-corrected chi connectivity index (χ4v) is 5.04. The van der Waals surface area contributed by atoms with Gasteiger partial charge in [0.25, 0.3) is 0 Å². The van der Waals surface area contributed by atoms with Crippen molar-refractivity contribution in [3.05, 3.63) is 29.8 Å². The Kier molecular flexibility index (Phi) is 6.47. The van der Waals surface area contributed by atoms with Gasteiger partial charge in [0.1, 0.15) is 6.61 Å². The maximum atomic E-state index is 14.1. The largest absolute Gasteiger partial charge is 0.491 e. The molecule has 0 spiro atoms. The molecule has 31 heavy (non-hydrogen) atoms. The summed E-state index contributed by atoms with van der Waals surface area (Å²) in [7, 11) is -1.83. The molecule has 0 N–H and O–H groups in total. The van der Waals surface area contributed by atoms with E-state index in [-0.39, 0.29) is 10.6 Å². The highest BCUT2D eigenvalue weighted by atomic mass is 32.2. The molecule has 0 bridgehead atoms. The predicted molar refractivity (Wildman–Crippen MR) is 111 cm³/mol. The maximum Gasteiger partial charge on any atom is 0.324 e. The van der Waals surface area contributed by atoms with Crippen LogP contribution in [0.2, 0.25) is 0 Å². The standard InChI is InChI=1S/C21H28FN3O5S/c1-28-13-20-23-21(30-24-20)25-8-5-14(6-9-25)17-11-15(17)7-10-29-19-4-3-16(12-18(19)22)31(2,26)27/h3-4,12,14-15,17H,5-11,13H2,1-2H3/t15-,17-/m1/s1. The van der Waals surface area contributed by atoms with E-state index in [0.717, 1.165) is 44.7 Å². The summed E-state index contributed by atoms with van der Waals surface area (Å²) in [5.41, 5.74) is 0. The normalized spacial score (nSPS) is 22.0. The minimum absolute atomic E-state index is 0.0404. The zero-order valence-corrected chi connectivity index (χ0v) is 18.6. The van der Waals surface area contributed by atoms with Crippen LogP contribution in [0.3, 0.4) is 0 Å². The van der Waals surface area contributed by atoms with Crippen LogP contribution in [0, 0.1) is 23.6 Å². The third kappa shape index (κ3) is 5.35. The predicted octanol–water partition coefficient (Wildman–Crippen LogP) is 3.08. The molecule has 0 unspecified atom stereocenters. The molecular weight excluding hydrogens is 425 g/mol. The van der Waals surface area contributed by atoms with Crippen molar-refractivity contribution in [3.63, 3.8) is 0 Å². The van der Waals surface area contributed by atoms with Crippen LogP contribution in [0.25, 0.3) is 0 Å². The van der Waals surface area contributed by atoms with Crippen LogP contribution >= 0.6 is 0 Å². The summed E-state index contributed by atoms with van der Waals surface area (Å²) >= 11 is 0. The molecule has 1 aromatic heterocycles. The number of aromatic nitrogens is 2. The Morgan fingerprint density at radius 1 is 1.29 bits per heavy atom. The van der Waals surface area contributed by atoms with Crippen molar-refractivity contribution >= 4 is 15.9 Å². The smallest absolute Gasteiger partial charge is 0.324 e. The highest BCUT2D eigenvalue weighted by Crippen LogP contribution is 2.50. The third-order valence-corrected chi connectivity index (χ3v) is 7.31. The lowest BCUT2D eigenvalue weighted by molar-refractivity contribution is 0.174. The number of sulfone groups is 1. The van der Waals surface area contributed by atoms with Crippen molar-refractivity contribution in [1.29, 1.82) is 0 Å². The number of nitrogens with zero attached hydrogens (tertiary/aromatic N) is 3. The van der Waals surface area contributed by atoms with Crippen molar-refractivity contribution in [2.45, 2.75) is 37.2 Å².